The Hall–Kier alpha value is -2.33. The normalized spacial score (nSPS) is 11.0. The van der Waals surface area contributed by atoms with Gasteiger partial charge in [0.05, 0.1) is 10.7 Å². The molecule has 1 aromatic heterocycles. The number of anilines is 1. The van der Waals surface area contributed by atoms with Crippen LogP contribution >= 0.6 is 11.6 Å². The van der Waals surface area contributed by atoms with E-state index in [1.165, 1.54) is 0 Å². The Morgan fingerprint density at radius 1 is 1.20 bits per heavy atom. The van der Waals surface area contributed by atoms with Gasteiger partial charge in [0.25, 0.3) is 0 Å². The second-order valence-corrected chi connectivity index (χ2v) is 6.60. The summed E-state index contributed by atoms with van der Waals surface area (Å²) >= 11 is 6.22. The zero-order valence-electron chi connectivity index (χ0n) is 14.4. The van der Waals surface area contributed by atoms with Crippen LogP contribution in [0.4, 0.5) is 5.69 Å². The van der Waals surface area contributed by atoms with E-state index in [0.717, 1.165) is 41.5 Å². The fraction of sp³-hybridized carbons (Fsp3) is 0.300. The van der Waals surface area contributed by atoms with E-state index in [0.29, 0.717) is 23.0 Å². The van der Waals surface area contributed by atoms with Crippen LogP contribution in [0.2, 0.25) is 5.02 Å². The Balaban J connectivity index is 1.83. The molecule has 0 saturated carbocycles. The van der Waals surface area contributed by atoms with Crippen molar-refractivity contribution in [2.45, 2.75) is 39.5 Å². The van der Waals surface area contributed by atoms with Crippen LogP contribution in [-0.2, 0) is 4.79 Å². The molecule has 0 saturated heterocycles. The highest BCUT2D eigenvalue weighted by Gasteiger charge is 2.12. The van der Waals surface area contributed by atoms with Gasteiger partial charge in [0.1, 0.15) is 5.52 Å². The predicted octanol–water partition coefficient (Wildman–Crippen LogP) is 5.98. The van der Waals surface area contributed by atoms with Crippen molar-refractivity contribution < 1.29 is 9.21 Å². The average molecular weight is 357 g/mol. The topological polar surface area (TPSA) is 55.1 Å². The predicted molar refractivity (Wildman–Crippen MR) is 102 cm³/mol. The van der Waals surface area contributed by atoms with Crippen LogP contribution in [0.15, 0.2) is 40.8 Å². The average Bonchev–Trinajstić information content (AvgIpc) is 3.00. The monoisotopic (exact) mass is 356 g/mol. The molecule has 3 rings (SSSR count). The number of halogens is 1. The number of carbonyl (C=O) groups is 1. The smallest absolute Gasteiger partial charge is 0.227 e. The first-order valence-corrected chi connectivity index (χ1v) is 8.91. The molecule has 0 radical (unpaired) electrons. The number of carbonyl (C=O) groups excluding carboxylic acids is 1. The maximum Gasteiger partial charge on any atom is 0.227 e. The van der Waals surface area contributed by atoms with E-state index < -0.39 is 0 Å². The van der Waals surface area contributed by atoms with Crippen molar-refractivity contribution >= 4 is 34.3 Å². The number of aromatic nitrogens is 1. The fourth-order valence-corrected chi connectivity index (χ4v) is 2.82. The van der Waals surface area contributed by atoms with Crippen molar-refractivity contribution in [2.24, 2.45) is 0 Å². The van der Waals surface area contributed by atoms with Gasteiger partial charge in [-0.25, -0.2) is 4.98 Å². The van der Waals surface area contributed by atoms with Crippen molar-refractivity contribution in [3.8, 4) is 11.5 Å². The number of benzene rings is 2. The lowest BCUT2D eigenvalue weighted by Gasteiger charge is -2.08. The third kappa shape index (κ3) is 4.20. The summed E-state index contributed by atoms with van der Waals surface area (Å²) in [6, 6.07) is 11.3. The molecule has 1 heterocycles. The van der Waals surface area contributed by atoms with Crippen LogP contribution in [0, 0.1) is 6.92 Å². The van der Waals surface area contributed by atoms with Gasteiger partial charge in [0, 0.05) is 12.0 Å². The lowest BCUT2D eigenvalue weighted by molar-refractivity contribution is -0.116. The minimum atomic E-state index is -0.0271. The van der Waals surface area contributed by atoms with Crippen molar-refractivity contribution in [1.82, 2.24) is 4.98 Å². The second-order valence-electron chi connectivity index (χ2n) is 6.19. The maximum absolute atomic E-state index is 12.1. The Kier molecular flexibility index (Phi) is 5.39. The van der Waals surface area contributed by atoms with E-state index >= 15 is 0 Å². The van der Waals surface area contributed by atoms with Crippen LogP contribution in [0.3, 0.4) is 0 Å². The molecule has 0 spiro atoms. The SMILES string of the molecule is CCCCCC(=O)Nc1cc(-c2nc3ccc(C)cc3o2)ccc1Cl. The number of hydrogen-bond acceptors (Lipinski definition) is 3. The summed E-state index contributed by atoms with van der Waals surface area (Å²) < 4.78 is 5.85. The summed E-state index contributed by atoms with van der Waals surface area (Å²) in [5.41, 5.74) is 4.03. The Morgan fingerprint density at radius 2 is 2.04 bits per heavy atom. The summed E-state index contributed by atoms with van der Waals surface area (Å²) in [5, 5.41) is 3.38. The molecular formula is C20H21ClN2O2. The number of aryl methyl sites for hydroxylation is 1. The molecule has 4 nitrogen and oxygen atoms in total. The van der Waals surface area contributed by atoms with Crippen LogP contribution in [0.25, 0.3) is 22.6 Å². The van der Waals surface area contributed by atoms with Gasteiger partial charge in [-0.2, -0.15) is 0 Å². The third-order valence-electron chi connectivity index (χ3n) is 4.04. The number of rotatable bonds is 6. The zero-order valence-corrected chi connectivity index (χ0v) is 15.2. The van der Waals surface area contributed by atoms with E-state index in [-0.39, 0.29) is 5.91 Å². The second kappa shape index (κ2) is 7.70. The van der Waals surface area contributed by atoms with Crippen molar-refractivity contribution in [3.05, 3.63) is 47.0 Å². The molecule has 25 heavy (non-hydrogen) atoms. The molecule has 0 aliphatic carbocycles. The molecule has 5 heteroatoms. The number of unbranched alkanes of at least 4 members (excludes halogenated alkanes) is 2. The molecule has 0 fully saturated rings. The summed E-state index contributed by atoms with van der Waals surface area (Å²) in [5.74, 6) is 0.486. The summed E-state index contributed by atoms with van der Waals surface area (Å²) in [6.07, 6.45) is 3.50. The van der Waals surface area contributed by atoms with E-state index in [4.69, 9.17) is 16.0 Å². The molecule has 3 aromatic rings. The van der Waals surface area contributed by atoms with Crippen LogP contribution in [0.1, 0.15) is 38.2 Å². The highest BCUT2D eigenvalue weighted by atomic mass is 35.5. The molecule has 2 aromatic carbocycles. The van der Waals surface area contributed by atoms with Crippen LogP contribution in [-0.4, -0.2) is 10.9 Å². The Labute approximate surface area is 152 Å². The summed E-state index contributed by atoms with van der Waals surface area (Å²) in [6.45, 7) is 4.12. The van der Waals surface area contributed by atoms with Crippen LogP contribution in [0.5, 0.6) is 0 Å². The molecule has 1 N–H and O–H groups in total. The number of hydrogen-bond donors (Lipinski definition) is 1. The fourth-order valence-electron chi connectivity index (χ4n) is 2.66. The molecule has 0 atom stereocenters. The number of nitrogens with one attached hydrogen (secondary N) is 1. The number of amides is 1. The van der Waals surface area contributed by atoms with Crippen LogP contribution < -0.4 is 5.32 Å². The number of fused-ring (bicyclic) bond motifs is 1. The van der Waals surface area contributed by atoms with Gasteiger partial charge >= 0.3 is 0 Å². The maximum atomic E-state index is 12.1. The largest absolute Gasteiger partial charge is 0.436 e. The van der Waals surface area contributed by atoms with Gasteiger partial charge in [-0.3, -0.25) is 4.79 Å². The number of nitrogens with zero attached hydrogens (tertiary/aromatic N) is 1. The van der Waals surface area contributed by atoms with Crippen molar-refractivity contribution in [3.63, 3.8) is 0 Å². The molecule has 0 aliphatic rings. The highest BCUT2D eigenvalue weighted by molar-refractivity contribution is 6.33. The third-order valence-corrected chi connectivity index (χ3v) is 4.37. The highest BCUT2D eigenvalue weighted by Crippen LogP contribution is 2.30. The Bertz CT molecular complexity index is 902. The van der Waals surface area contributed by atoms with Crippen molar-refractivity contribution in [1.29, 1.82) is 0 Å². The van der Waals surface area contributed by atoms with E-state index in [2.05, 4.69) is 17.2 Å². The van der Waals surface area contributed by atoms with E-state index in [1.54, 1.807) is 12.1 Å². The lowest BCUT2D eigenvalue weighted by Crippen LogP contribution is -2.11. The first-order valence-electron chi connectivity index (χ1n) is 8.54. The first kappa shape index (κ1) is 17.5. The van der Waals surface area contributed by atoms with E-state index in [9.17, 15) is 4.79 Å². The zero-order chi connectivity index (χ0) is 17.8. The molecule has 130 valence electrons. The Morgan fingerprint density at radius 3 is 2.84 bits per heavy atom. The number of oxazole rings is 1. The molecule has 0 aliphatic heterocycles. The van der Waals surface area contributed by atoms with Gasteiger partial charge in [0.2, 0.25) is 11.8 Å². The minimum Gasteiger partial charge on any atom is -0.436 e. The van der Waals surface area contributed by atoms with Gasteiger partial charge in [-0.05, 0) is 49.2 Å². The standard InChI is InChI=1S/C20H21ClN2O2/c1-3-4-5-6-19(24)22-17-12-14(8-9-15(17)21)20-23-16-10-7-13(2)11-18(16)25-20/h7-12H,3-6H2,1-2H3,(H,22,24). The van der Waals surface area contributed by atoms with Gasteiger partial charge in [-0.1, -0.05) is 37.4 Å². The van der Waals surface area contributed by atoms with E-state index in [1.807, 2.05) is 31.2 Å². The molecule has 0 bridgehead atoms. The van der Waals surface area contributed by atoms with Gasteiger partial charge in [-0.15, -0.1) is 0 Å². The molecule has 1 amide bonds. The van der Waals surface area contributed by atoms with Gasteiger partial charge < -0.3 is 9.73 Å². The minimum absolute atomic E-state index is 0.0271. The first-order chi connectivity index (χ1) is 12.1. The quantitative estimate of drug-likeness (QED) is 0.553. The van der Waals surface area contributed by atoms with Gasteiger partial charge in [0.15, 0.2) is 5.58 Å². The molecule has 0 unspecified atom stereocenters. The van der Waals surface area contributed by atoms with Crippen molar-refractivity contribution in [2.75, 3.05) is 5.32 Å². The summed E-state index contributed by atoms with van der Waals surface area (Å²) in [7, 11) is 0. The summed E-state index contributed by atoms with van der Waals surface area (Å²) in [4.78, 5) is 16.6. The molecular weight excluding hydrogens is 336 g/mol. The lowest BCUT2D eigenvalue weighted by atomic mass is 10.1.